The lowest BCUT2D eigenvalue weighted by Gasteiger charge is -2.08. The average Bonchev–Trinajstić information content (AvgIpc) is 2.61. The zero-order valence-corrected chi connectivity index (χ0v) is 9.56. The quantitative estimate of drug-likeness (QED) is 0.829. The van der Waals surface area contributed by atoms with Crippen LogP contribution < -0.4 is 10.5 Å². The Hall–Kier alpha value is -2.04. The molecule has 0 spiro atoms. The summed E-state index contributed by atoms with van der Waals surface area (Å²) in [6.45, 7) is 3.95. The number of anilines is 1. The molecule has 5 heteroatoms. The van der Waals surface area contributed by atoms with Crippen LogP contribution in [0, 0.1) is 13.8 Å². The highest BCUT2D eigenvalue weighted by molar-refractivity contribution is 5.50. The maximum atomic E-state index is 5.71. The SMILES string of the molecule is COc1nc(-n2cnc(C)c2C)ccc1N. The van der Waals surface area contributed by atoms with Gasteiger partial charge < -0.3 is 10.5 Å². The summed E-state index contributed by atoms with van der Waals surface area (Å²) in [6, 6.07) is 3.61. The lowest BCUT2D eigenvalue weighted by atomic mass is 10.3. The average molecular weight is 218 g/mol. The van der Waals surface area contributed by atoms with Crippen LogP contribution in [0.5, 0.6) is 5.88 Å². The number of aromatic nitrogens is 3. The molecular weight excluding hydrogens is 204 g/mol. The summed E-state index contributed by atoms with van der Waals surface area (Å²) in [6.07, 6.45) is 1.74. The van der Waals surface area contributed by atoms with Crippen molar-refractivity contribution < 1.29 is 4.74 Å². The van der Waals surface area contributed by atoms with E-state index in [1.807, 2.05) is 24.5 Å². The van der Waals surface area contributed by atoms with E-state index in [1.54, 1.807) is 19.5 Å². The number of imidazole rings is 1. The molecule has 0 atom stereocenters. The van der Waals surface area contributed by atoms with Crippen molar-refractivity contribution in [3.8, 4) is 11.7 Å². The van der Waals surface area contributed by atoms with Gasteiger partial charge in [0.2, 0.25) is 5.88 Å². The number of methoxy groups -OCH3 is 1. The van der Waals surface area contributed by atoms with Crippen molar-refractivity contribution in [3.63, 3.8) is 0 Å². The molecule has 16 heavy (non-hydrogen) atoms. The van der Waals surface area contributed by atoms with Gasteiger partial charge in [-0.3, -0.25) is 4.57 Å². The van der Waals surface area contributed by atoms with Gasteiger partial charge in [-0.15, -0.1) is 0 Å². The molecule has 0 saturated heterocycles. The molecule has 2 rings (SSSR count). The second-order valence-electron chi connectivity index (χ2n) is 3.55. The molecule has 2 N–H and O–H groups in total. The van der Waals surface area contributed by atoms with E-state index in [-0.39, 0.29) is 0 Å². The highest BCUT2D eigenvalue weighted by Crippen LogP contribution is 2.21. The van der Waals surface area contributed by atoms with E-state index in [9.17, 15) is 0 Å². The summed E-state index contributed by atoms with van der Waals surface area (Å²) in [7, 11) is 1.55. The molecule has 2 aromatic heterocycles. The molecule has 0 aliphatic rings. The van der Waals surface area contributed by atoms with Gasteiger partial charge in [0.15, 0.2) is 0 Å². The zero-order valence-electron chi connectivity index (χ0n) is 9.56. The predicted molar refractivity (Wildman–Crippen MR) is 61.8 cm³/mol. The second kappa shape index (κ2) is 3.84. The summed E-state index contributed by atoms with van der Waals surface area (Å²) in [4.78, 5) is 8.53. The van der Waals surface area contributed by atoms with Crippen molar-refractivity contribution in [2.24, 2.45) is 0 Å². The Morgan fingerprint density at radius 2 is 2.06 bits per heavy atom. The van der Waals surface area contributed by atoms with Crippen molar-refractivity contribution in [2.45, 2.75) is 13.8 Å². The predicted octanol–water partition coefficient (Wildman–Crippen LogP) is 1.47. The largest absolute Gasteiger partial charge is 0.479 e. The summed E-state index contributed by atoms with van der Waals surface area (Å²) in [5.41, 5.74) is 8.28. The van der Waals surface area contributed by atoms with Gasteiger partial charge in [0.1, 0.15) is 12.1 Å². The summed E-state index contributed by atoms with van der Waals surface area (Å²) in [5.74, 6) is 1.19. The molecule has 0 aliphatic heterocycles. The first-order chi connectivity index (χ1) is 7.63. The maximum Gasteiger partial charge on any atom is 0.238 e. The topological polar surface area (TPSA) is 66.0 Å². The zero-order chi connectivity index (χ0) is 11.7. The van der Waals surface area contributed by atoms with Crippen LogP contribution in [0.25, 0.3) is 5.82 Å². The normalized spacial score (nSPS) is 10.4. The lowest BCUT2D eigenvalue weighted by molar-refractivity contribution is 0.399. The molecule has 0 aromatic carbocycles. The first kappa shape index (κ1) is 10.5. The highest BCUT2D eigenvalue weighted by atomic mass is 16.5. The number of hydrogen-bond acceptors (Lipinski definition) is 4. The maximum absolute atomic E-state index is 5.71. The van der Waals surface area contributed by atoms with Gasteiger partial charge in [-0.1, -0.05) is 0 Å². The highest BCUT2D eigenvalue weighted by Gasteiger charge is 2.08. The number of nitrogen functional groups attached to an aromatic ring is 1. The minimum atomic E-state index is 0.434. The van der Waals surface area contributed by atoms with Crippen LogP contribution in [0.1, 0.15) is 11.4 Å². The van der Waals surface area contributed by atoms with Gasteiger partial charge >= 0.3 is 0 Å². The number of nitrogens with zero attached hydrogens (tertiary/aromatic N) is 3. The molecule has 84 valence electrons. The number of ether oxygens (including phenoxy) is 1. The van der Waals surface area contributed by atoms with Gasteiger partial charge in [-0.25, -0.2) is 4.98 Å². The molecule has 2 aromatic rings. The first-order valence-corrected chi connectivity index (χ1v) is 4.95. The van der Waals surface area contributed by atoms with E-state index < -0.39 is 0 Å². The molecule has 0 unspecified atom stereocenters. The third-order valence-electron chi connectivity index (χ3n) is 2.57. The molecule has 0 aliphatic carbocycles. The Labute approximate surface area is 93.9 Å². The number of pyridine rings is 1. The Bertz CT molecular complexity index is 519. The van der Waals surface area contributed by atoms with Crippen LogP contribution in [-0.4, -0.2) is 21.6 Å². The molecule has 0 fully saturated rings. The summed E-state index contributed by atoms with van der Waals surface area (Å²) >= 11 is 0. The molecule has 0 radical (unpaired) electrons. The summed E-state index contributed by atoms with van der Waals surface area (Å²) < 4.78 is 6.98. The third kappa shape index (κ3) is 1.60. The van der Waals surface area contributed by atoms with Crippen molar-refractivity contribution in [2.75, 3.05) is 12.8 Å². The van der Waals surface area contributed by atoms with Crippen molar-refractivity contribution in [1.29, 1.82) is 0 Å². The number of rotatable bonds is 2. The van der Waals surface area contributed by atoms with Crippen molar-refractivity contribution in [3.05, 3.63) is 29.8 Å². The summed E-state index contributed by atoms with van der Waals surface area (Å²) in [5, 5.41) is 0. The van der Waals surface area contributed by atoms with Crippen LogP contribution >= 0.6 is 0 Å². The second-order valence-corrected chi connectivity index (χ2v) is 3.55. The third-order valence-corrected chi connectivity index (χ3v) is 2.57. The monoisotopic (exact) mass is 218 g/mol. The minimum Gasteiger partial charge on any atom is -0.479 e. The van der Waals surface area contributed by atoms with E-state index in [1.165, 1.54) is 0 Å². The fourth-order valence-corrected chi connectivity index (χ4v) is 1.47. The number of hydrogen-bond donors (Lipinski definition) is 1. The molecule has 0 bridgehead atoms. The van der Waals surface area contributed by atoms with Gasteiger partial charge in [-0.2, -0.15) is 4.98 Å². The van der Waals surface area contributed by atoms with Crippen molar-refractivity contribution >= 4 is 5.69 Å². The minimum absolute atomic E-state index is 0.434. The van der Waals surface area contributed by atoms with Gasteiger partial charge in [0.25, 0.3) is 0 Å². The van der Waals surface area contributed by atoms with Crippen LogP contribution in [-0.2, 0) is 0 Å². The molecule has 0 amide bonds. The van der Waals surface area contributed by atoms with E-state index in [4.69, 9.17) is 10.5 Å². The van der Waals surface area contributed by atoms with E-state index in [2.05, 4.69) is 9.97 Å². The Morgan fingerprint density at radius 3 is 2.62 bits per heavy atom. The molecular formula is C11H14N4O. The first-order valence-electron chi connectivity index (χ1n) is 4.95. The van der Waals surface area contributed by atoms with Crippen molar-refractivity contribution in [1.82, 2.24) is 14.5 Å². The fourth-order valence-electron chi connectivity index (χ4n) is 1.47. The smallest absolute Gasteiger partial charge is 0.238 e. The lowest BCUT2D eigenvalue weighted by Crippen LogP contribution is -2.02. The van der Waals surface area contributed by atoms with Crippen LogP contribution in [0.4, 0.5) is 5.69 Å². The van der Waals surface area contributed by atoms with E-state index in [0.717, 1.165) is 17.2 Å². The number of nitrogens with two attached hydrogens (primary N) is 1. The molecule has 0 saturated carbocycles. The van der Waals surface area contributed by atoms with Gasteiger partial charge in [-0.05, 0) is 26.0 Å². The molecule has 5 nitrogen and oxygen atoms in total. The van der Waals surface area contributed by atoms with Gasteiger partial charge in [0.05, 0.1) is 18.5 Å². The van der Waals surface area contributed by atoms with E-state index in [0.29, 0.717) is 11.6 Å². The standard InChI is InChI=1S/C11H14N4O/c1-7-8(2)15(6-13-7)10-5-4-9(12)11(14-10)16-3/h4-6H,12H2,1-3H3. The Kier molecular flexibility index (Phi) is 2.52. The van der Waals surface area contributed by atoms with Crippen LogP contribution in [0.3, 0.4) is 0 Å². The molecule has 2 heterocycles. The van der Waals surface area contributed by atoms with Crippen LogP contribution in [0.2, 0.25) is 0 Å². The number of aryl methyl sites for hydroxylation is 1. The van der Waals surface area contributed by atoms with E-state index >= 15 is 0 Å². The van der Waals surface area contributed by atoms with Gasteiger partial charge in [0, 0.05) is 5.69 Å². The Morgan fingerprint density at radius 1 is 1.31 bits per heavy atom. The fraction of sp³-hybridized carbons (Fsp3) is 0.273. The van der Waals surface area contributed by atoms with Crippen LogP contribution in [0.15, 0.2) is 18.5 Å². The Balaban J connectivity index is 2.52.